The van der Waals surface area contributed by atoms with Crippen LogP contribution in [0, 0.1) is 3.57 Å². The maximum Gasteiger partial charge on any atom is 0.171 e. The maximum absolute atomic E-state index is 9.92. The molecule has 0 saturated heterocycles. The average Bonchev–Trinajstić information content (AvgIpc) is 2.43. The zero-order chi connectivity index (χ0) is 15.4. The molecule has 2 aromatic carbocycles. The zero-order valence-electron chi connectivity index (χ0n) is 11.3. The molecule has 0 saturated carbocycles. The SMILES string of the molecule is CCOc1cc(CNc2ccc(Cl)cc2Cl)cc(I)c1O. The van der Waals surface area contributed by atoms with Gasteiger partial charge < -0.3 is 15.2 Å². The minimum absolute atomic E-state index is 0.172. The van der Waals surface area contributed by atoms with Gasteiger partial charge in [-0.3, -0.25) is 0 Å². The molecule has 0 bridgehead atoms. The van der Waals surface area contributed by atoms with Crippen LogP contribution in [0.2, 0.25) is 10.0 Å². The third kappa shape index (κ3) is 4.31. The Morgan fingerprint density at radius 3 is 2.67 bits per heavy atom. The topological polar surface area (TPSA) is 41.5 Å². The van der Waals surface area contributed by atoms with Gasteiger partial charge in [0, 0.05) is 11.6 Å². The standard InChI is InChI=1S/C15H14Cl2INO2/c1-2-21-14-6-9(5-12(18)15(14)20)8-19-13-4-3-10(16)7-11(13)17/h3-7,19-20H,2,8H2,1H3. The van der Waals surface area contributed by atoms with Crippen LogP contribution in [0.5, 0.6) is 11.5 Å². The van der Waals surface area contributed by atoms with Crippen molar-refractivity contribution in [3.05, 3.63) is 49.5 Å². The van der Waals surface area contributed by atoms with E-state index in [4.69, 9.17) is 27.9 Å². The second-order valence-corrected chi connectivity index (χ2v) is 6.34. The summed E-state index contributed by atoms with van der Waals surface area (Å²) in [5.41, 5.74) is 1.80. The molecule has 0 aliphatic carbocycles. The van der Waals surface area contributed by atoms with Gasteiger partial charge in [-0.25, -0.2) is 0 Å². The van der Waals surface area contributed by atoms with Gasteiger partial charge in [-0.15, -0.1) is 0 Å². The minimum atomic E-state index is 0.172. The molecule has 2 rings (SSSR count). The summed E-state index contributed by atoms with van der Waals surface area (Å²) >= 11 is 14.1. The molecule has 0 radical (unpaired) electrons. The van der Waals surface area contributed by atoms with E-state index in [-0.39, 0.29) is 5.75 Å². The molecule has 112 valence electrons. The van der Waals surface area contributed by atoms with Crippen molar-refractivity contribution < 1.29 is 9.84 Å². The Balaban J connectivity index is 2.16. The number of hydrogen-bond donors (Lipinski definition) is 2. The van der Waals surface area contributed by atoms with E-state index < -0.39 is 0 Å². The van der Waals surface area contributed by atoms with E-state index in [9.17, 15) is 5.11 Å². The van der Waals surface area contributed by atoms with Crippen molar-refractivity contribution in [1.82, 2.24) is 0 Å². The van der Waals surface area contributed by atoms with E-state index >= 15 is 0 Å². The van der Waals surface area contributed by atoms with Gasteiger partial charge >= 0.3 is 0 Å². The first-order chi connectivity index (χ1) is 10.0. The number of aromatic hydroxyl groups is 1. The summed E-state index contributed by atoms with van der Waals surface area (Å²) in [6, 6.07) is 9.02. The smallest absolute Gasteiger partial charge is 0.171 e. The Morgan fingerprint density at radius 2 is 2.00 bits per heavy atom. The molecular formula is C15H14Cl2INO2. The van der Waals surface area contributed by atoms with E-state index in [1.807, 2.05) is 25.1 Å². The van der Waals surface area contributed by atoms with Crippen LogP contribution >= 0.6 is 45.8 Å². The predicted octanol–water partition coefficient (Wildman–Crippen LogP) is 5.31. The van der Waals surface area contributed by atoms with E-state index in [2.05, 4.69) is 27.9 Å². The van der Waals surface area contributed by atoms with Crippen LogP contribution in [0.25, 0.3) is 0 Å². The quantitative estimate of drug-likeness (QED) is 0.622. The molecule has 3 nitrogen and oxygen atoms in total. The average molecular weight is 438 g/mol. The lowest BCUT2D eigenvalue weighted by atomic mass is 10.2. The summed E-state index contributed by atoms with van der Waals surface area (Å²) in [4.78, 5) is 0. The molecule has 0 aromatic heterocycles. The summed E-state index contributed by atoms with van der Waals surface area (Å²) in [6.07, 6.45) is 0. The van der Waals surface area contributed by atoms with Gasteiger partial charge in [0.1, 0.15) is 0 Å². The molecule has 21 heavy (non-hydrogen) atoms. The van der Waals surface area contributed by atoms with Gasteiger partial charge in [-0.2, -0.15) is 0 Å². The highest BCUT2D eigenvalue weighted by molar-refractivity contribution is 14.1. The number of anilines is 1. The molecule has 0 amide bonds. The lowest BCUT2D eigenvalue weighted by Crippen LogP contribution is -2.02. The molecule has 0 spiro atoms. The number of nitrogens with one attached hydrogen (secondary N) is 1. The fourth-order valence-electron chi connectivity index (χ4n) is 1.82. The van der Waals surface area contributed by atoms with Gasteiger partial charge in [0.2, 0.25) is 0 Å². The van der Waals surface area contributed by atoms with Crippen molar-refractivity contribution in [3.63, 3.8) is 0 Å². The fourth-order valence-corrected chi connectivity index (χ4v) is 2.97. The number of ether oxygens (including phenoxy) is 1. The monoisotopic (exact) mass is 437 g/mol. The number of hydrogen-bond acceptors (Lipinski definition) is 3. The van der Waals surface area contributed by atoms with Crippen LogP contribution in [0.15, 0.2) is 30.3 Å². The second-order valence-electron chi connectivity index (χ2n) is 4.34. The molecule has 0 aliphatic rings. The first-order valence-electron chi connectivity index (χ1n) is 6.34. The predicted molar refractivity (Wildman–Crippen MR) is 95.8 cm³/mol. The number of phenols is 1. The Kier molecular flexibility index (Phi) is 5.84. The van der Waals surface area contributed by atoms with Crippen molar-refractivity contribution in [2.45, 2.75) is 13.5 Å². The summed E-state index contributed by atoms with van der Waals surface area (Å²) in [6.45, 7) is 2.95. The van der Waals surface area contributed by atoms with Gasteiger partial charge in [0.05, 0.1) is 20.9 Å². The first kappa shape index (κ1) is 16.5. The molecule has 2 N–H and O–H groups in total. The van der Waals surface area contributed by atoms with E-state index in [0.29, 0.717) is 28.9 Å². The summed E-state index contributed by atoms with van der Waals surface area (Å²) in [5.74, 6) is 0.661. The van der Waals surface area contributed by atoms with E-state index in [1.165, 1.54) is 0 Å². The summed E-state index contributed by atoms with van der Waals surface area (Å²) in [5, 5.41) is 14.3. The van der Waals surface area contributed by atoms with Crippen LogP contribution in [-0.4, -0.2) is 11.7 Å². The van der Waals surface area contributed by atoms with E-state index in [0.717, 1.165) is 14.8 Å². The molecule has 0 atom stereocenters. The zero-order valence-corrected chi connectivity index (χ0v) is 15.0. The highest BCUT2D eigenvalue weighted by Crippen LogP contribution is 2.33. The van der Waals surface area contributed by atoms with Gasteiger partial charge in [-0.05, 0) is 65.4 Å². The largest absolute Gasteiger partial charge is 0.504 e. The van der Waals surface area contributed by atoms with Crippen LogP contribution in [0.4, 0.5) is 5.69 Å². The molecule has 6 heteroatoms. The van der Waals surface area contributed by atoms with Crippen molar-refractivity contribution >= 4 is 51.5 Å². The Morgan fingerprint density at radius 1 is 1.24 bits per heavy atom. The third-order valence-corrected chi connectivity index (χ3v) is 4.17. The van der Waals surface area contributed by atoms with E-state index in [1.54, 1.807) is 12.1 Å². The normalized spacial score (nSPS) is 10.5. The van der Waals surface area contributed by atoms with Crippen LogP contribution in [0.1, 0.15) is 12.5 Å². The van der Waals surface area contributed by atoms with Crippen molar-refractivity contribution in [1.29, 1.82) is 0 Å². The van der Waals surface area contributed by atoms with Crippen molar-refractivity contribution in [3.8, 4) is 11.5 Å². The Labute approximate surface area is 147 Å². The van der Waals surface area contributed by atoms with Crippen molar-refractivity contribution in [2.75, 3.05) is 11.9 Å². The molecule has 0 unspecified atom stereocenters. The summed E-state index contributed by atoms with van der Waals surface area (Å²) in [7, 11) is 0. The maximum atomic E-state index is 9.92. The van der Waals surface area contributed by atoms with Gasteiger partial charge in [0.15, 0.2) is 11.5 Å². The Bertz CT molecular complexity index is 650. The van der Waals surface area contributed by atoms with Gasteiger partial charge in [-0.1, -0.05) is 23.2 Å². The Hall–Kier alpha value is -0.850. The minimum Gasteiger partial charge on any atom is -0.504 e. The van der Waals surface area contributed by atoms with Gasteiger partial charge in [0.25, 0.3) is 0 Å². The number of phenolic OH excluding ortho intramolecular Hbond substituents is 1. The van der Waals surface area contributed by atoms with Crippen LogP contribution in [0.3, 0.4) is 0 Å². The number of benzene rings is 2. The van der Waals surface area contributed by atoms with Crippen LogP contribution < -0.4 is 10.1 Å². The van der Waals surface area contributed by atoms with Crippen molar-refractivity contribution in [2.24, 2.45) is 0 Å². The lowest BCUT2D eigenvalue weighted by molar-refractivity contribution is 0.317. The molecule has 0 heterocycles. The third-order valence-electron chi connectivity index (χ3n) is 2.80. The first-order valence-corrected chi connectivity index (χ1v) is 8.17. The molecule has 0 aliphatic heterocycles. The molecule has 2 aromatic rings. The lowest BCUT2D eigenvalue weighted by Gasteiger charge is -2.12. The van der Waals surface area contributed by atoms with Crippen LogP contribution in [-0.2, 0) is 6.54 Å². The highest BCUT2D eigenvalue weighted by atomic mass is 127. The molecular weight excluding hydrogens is 424 g/mol. The summed E-state index contributed by atoms with van der Waals surface area (Å²) < 4.78 is 6.17. The molecule has 0 fully saturated rings. The highest BCUT2D eigenvalue weighted by Gasteiger charge is 2.09. The fraction of sp³-hybridized carbons (Fsp3) is 0.200. The number of rotatable bonds is 5. The second kappa shape index (κ2) is 7.42. The number of halogens is 3.